The summed E-state index contributed by atoms with van der Waals surface area (Å²) >= 11 is 3.50. The van der Waals surface area contributed by atoms with Gasteiger partial charge in [-0.1, -0.05) is 22.0 Å². The Balaban J connectivity index is 1.44. The van der Waals surface area contributed by atoms with Crippen LogP contribution < -0.4 is 0 Å². The van der Waals surface area contributed by atoms with E-state index in [1.807, 2.05) is 45.2 Å². The number of H-pyrrole nitrogens is 1. The first kappa shape index (κ1) is 20.1. The number of aromatic amines is 1. The van der Waals surface area contributed by atoms with Gasteiger partial charge in [-0.2, -0.15) is 0 Å². The van der Waals surface area contributed by atoms with E-state index in [0.29, 0.717) is 6.54 Å². The lowest BCUT2D eigenvalue weighted by Crippen LogP contribution is -2.36. The first-order valence-electron chi connectivity index (χ1n) is 10.5. The van der Waals surface area contributed by atoms with Crippen molar-refractivity contribution in [2.75, 3.05) is 6.54 Å². The summed E-state index contributed by atoms with van der Waals surface area (Å²) in [7, 11) is 0. The molecule has 0 saturated carbocycles. The number of carbonyl (C=O) groups is 1. The second-order valence-corrected chi connectivity index (χ2v) is 9.88. The Morgan fingerprint density at radius 3 is 2.71 bits per heavy atom. The van der Waals surface area contributed by atoms with Gasteiger partial charge < -0.3 is 14.1 Å². The molecule has 7 heteroatoms. The van der Waals surface area contributed by atoms with Crippen LogP contribution in [0.3, 0.4) is 0 Å². The molecular weight excluding hydrogens is 458 g/mol. The maximum Gasteiger partial charge on any atom is 0.410 e. The second kappa shape index (κ2) is 7.41. The van der Waals surface area contributed by atoms with E-state index in [2.05, 4.69) is 44.1 Å². The van der Waals surface area contributed by atoms with E-state index in [1.165, 1.54) is 0 Å². The highest BCUT2D eigenvalue weighted by atomic mass is 79.9. The predicted molar refractivity (Wildman–Crippen MR) is 124 cm³/mol. The third-order valence-electron chi connectivity index (χ3n) is 5.54. The minimum Gasteiger partial charge on any atom is -0.456 e. The quantitative estimate of drug-likeness (QED) is 0.341. The number of rotatable bonds is 2. The molecule has 1 fully saturated rings. The number of nitrogens with zero attached hydrogens (tertiary/aromatic N) is 2. The van der Waals surface area contributed by atoms with Crippen molar-refractivity contribution in [3.63, 3.8) is 0 Å². The van der Waals surface area contributed by atoms with Crippen molar-refractivity contribution in [3.8, 4) is 11.3 Å². The van der Waals surface area contributed by atoms with E-state index in [0.717, 1.165) is 56.3 Å². The maximum absolute atomic E-state index is 12.6. The topological polar surface area (TPSA) is 71.4 Å². The highest BCUT2D eigenvalue weighted by molar-refractivity contribution is 9.10. The molecule has 0 aliphatic carbocycles. The molecule has 1 aliphatic heterocycles. The van der Waals surface area contributed by atoms with Crippen LogP contribution in [0.2, 0.25) is 0 Å². The van der Waals surface area contributed by atoms with Gasteiger partial charge in [0.05, 0.1) is 17.9 Å². The van der Waals surface area contributed by atoms with Crippen LogP contribution in [0.5, 0.6) is 0 Å². The SMILES string of the molecule is CC(C)(C)OC(=O)N1CCC[C@@H]1c1ncc(-c2ccc3c(c2)oc2cc(Br)ccc23)[nH]1. The number of fused-ring (bicyclic) bond motifs is 3. The minimum atomic E-state index is -0.518. The number of amides is 1. The molecule has 2 aromatic heterocycles. The van der Waals surface area contributed by atoms with Crippen LogP contribution in [0.4, 0.5) is 4.79 Å². The first-order valence-corrected chi connectivity index (χ1v) is 11.2. The molecule has 1 atom stereocenters. The zero-order valence-electron chi connectivity index (χ0n) is 17.7. The molecule has 0 radical (unpaired) electrons. The Kier molecular flexibility index (Phi) is 4.81. The molecule has 31 heavy (non-hydrogen) atoms. The van der Waals surface area contributed by atoms with Crippen molar-refractivity contribution in [2.24, 2.45) is 0 Å². The number of likely N-dealkylation sites (tertiary alicyclic amines) is 1. The Bertz CT molecular complexity index is 1280. The molecule has 1 amide bonds. The number of benzene rings is 2. The van der Waals surface area contributed by atoms with Crippen LogP contribution in [0.1, 0.15) is 45.5 Å². The number of carbonyl (C=O) groups excluding carboxylic acids is 1. The second-order valence-electron chi connectivity index (χ2n) is 8.97. The number of hydrogen-bond donors (Lipinski definition) is 1. The van der Waals surface area contributed by atoms with Crippen LogP contribution >= 0.6 is 15.9 Å². The van der Waals surface area contributed by atoms with Crippen molar-refractivity contribution in [3.05, 3.63) is 52.9 Å². The summed E-state index contributed by atoms with van der Waals surface area (Å²) in [4.78, 5) is 22.4. The summed E-state index contributed by atoms with van der Waals surface area (Å²) in [6.45, 7) is 6.33. The van der Waals surface area contributed by atoms with E-state index in [9.17, 15) is 4.79 Å². The highest BCUT2D eigenvalue weighted by Crippen LogP contribution is 2.35. The summed E-state index contributed by atoms with van der Waals surface area (Å²) in [5.41, 5.74) is 3.06. The third kappa shape index (κ3) is 3.83. The van der Waals surface area contributed by atoms with E-state index in [-0.39, 0.29) is 12.1 Å². The number of imidazole rings is 1. The molecule has 3 heterocycles. The summed E-state index contributed by atoms with van der Waals surface area (Å²) in [6.07, 6.45) is 3.33. The van der Waals surface area contributed by atoms with Crippen LogP contribution in [0, 0.1) is 0 Å². The lowest BCUT2D eigenvalue weighted by atomic mass is 10.1. The highest BCUT2D eigenvalue weighted by Gasteiger charge is 2.34. The number of furan rings is 1. The van der Waals surface area contributed by atoms with Gasteiger partial charge >= 0.3 is 6.09 Å². The van der Waals surface area contributed by atoms with Gasteiger partial charge in [-0.3, -0.25) is 4.90 Å². The molecule has 2 aromatic carbocycles. The van der Waals surface area contributed by atoms with Gasteiger partial charge in [-0.25, -0.2) is 9.78 Å². The summed E-state index contributed by atoms with van der Waals surface area (Å²) in [5, 5.41) is 2.17. The fraction of sp³-hybridized carbons (Fsp3) is 0.333. The Labute approximate surface area is 188 Å². The fourth-order valence-corrected chi connectivity index (χ4v) is 4.50. The summed E-state index contributed by atoms with van der Waals surface area (Å²) in [6, 6.07) is 12.1. The van der Waals surface area contributed by atoms with Crippen LogP contribution in [0.15, 0.2) is 51.5 Å². The molecule has 5 rings (SSSR count). The van der Waals surface area contributed by atoms with Crippen molar-refractivity contribution in [1.29, 1.82) is 0 Å². The van der Waals surface area contributed by atoms with Crippen molar-refractivity contribution in [1.82, 2.24) is 14.9 Å². The zero-order chi connectivity index (χ0) is 21.8. The molecule has 1 saturated heterocycles. The zero-order valence-corrected chi connectivity index (χ0v) is 19.3. The third-order valence-corrected chi connectivity index (χ3v) is 6.03. The maximum atomic E-state index is 12.6. The average Bonchev–Trinajstić information content (AvgIpc) is 3.42. The van der Waals surface area contributed by atoms with Gasteiger partial charge in [-0.15, -0.1) is 0 Å². The smallest absolute Gasteiger partial charge is 0.410 e. The number of halogens is 1. The lowest BCUT2D eigenvalue weighted by molar-refractivity contribution is 0.0218. The predicted octanol–water partition coefficient (Wildman–Crippen LogP) is 6.81. The molecule has 1 aliphatic rings. The molecular formula is C24H24BrN3O3. The van der Waals surface area contributed by atoms with Crippen molar-refractivity contribution >= 4 is 44.0 Å². The molecule has 4 aromatic rings. The van der Waals surface area contributed by atoms with Gasteiger partial charge in [0.1, 0.15) is 22.6 Å². The molecule has 6 nitrogen and oxygen atoms in total. The first-order chi connectivity index (χ1) is 14.8. The number of hydrogen-bond acceptors (Lipinski definition) is 4. The van der Waals surface area contributed by atoms with Gasteiger partial charge in [0.15, 0.2) is 0 Å². The largest absolute Gasteiger partial charge is 0.456 e. The number of nitrogens with one attached hydrogen (secondary N) is 1. The average molecular weight is 482 g/mol. The van der Waals surface area contributed by atoms with Crippen molar-refractivity contribution < 1.29 is 13.9 Å². The molecule has 0 unspecified atom stereocenters. The van der Waals surface area contributed by atoms with Gasteiger partial charge in [0.25, 0.3) is 0 Å². The number of ether oxygens (including phenoxy) is 1. The van der Waals surface area contributed by atoms with Gasteiger partial charge in [0.2, 0.25) is 0 Å². The van der Waals surface area contributed by atoms with Crippen LogP contribution in [-0.4, -0.2) is 33.1 Å². The lowest BCUT2D eigenvalue weighted by Gasteiger charge is -2.27. The van der Waals surface area contributed by atoms with E-state index in [4.69, 9.17) is 9.15 Å². The monoisotopic (exact) mass is 481 g/mol. The minimum absolute atomic E-state index is 0.101. The summed E-state index contributed by atoms with van der Waals surface area (Å²) in [5.74, 6) is 0.784. The molecule has 160 valence electrons. The molecule has 0 spiro atoms. The van der Waals surface area contributed by atoms with E-state index in [1.54, 1.807) is 4.90 Å². The standard InChI is InChI=1S/C24H24BrN3O3/c1-24(2,3)31-23(29)28-10-4-5-19(28)22-26-13-18(27-22)14-6-8-16-17-9-7-15(25)12-21(17)30-20(16)11-14/h6-9,11-13,19H,4-5,10H2,1-3H3,(H,26,27)/t19-/m1/s1. The Hall–Kier alpha value is -2.80. The normalized spacial score (nSPS) is 17.0. The Morgan fingerprint density at radius 2 is 1.94 bits per heavy atom. The summed E-state index contributed by atoms with van der Waals surface area (Å²) < 4.78 is 12.6. The Morgan fingerprint density at radius 1 is 1.19 bits per heavy atom. The van der Waals surface area contributed by atoms with Crippen LogP contribution in [-0.2, 0) is 4.74 Å². The molecule has 1 N–H and O–H groups in total. The van der Waals surface area contributed by atoms with Gasteiger partial charge in [-0.05, 0) is 63.9 Å². The van der Waals surface area contributed by atoms with E-state index < -0.39 is 5.60 Å². The molecule has 0 bridgehead atoms. The van der Waals surface area contributed by atoms with Crippen LogP contribution in [0.25, 0.3) is 33.2 Å². The fourth-order valence-electron chi connectivity index (χ4n) is 4.16. The van der Waals surface area contributed by atoms with Crippen molar-refractivity contribution in [2.45, 2.75) is 45.3 Å². The number of aromatic nitrogens is 2. The van der Waals surface area contributed by atoms with Gasteiger partial charge in [0, 0.05) is 27.4 Å². The van der Waals surface area contributed by atoms with E-state index >= 15 is 0 Å².